The molecule has 1 aromatic heterocycles. The van der Waals surface area contributed by atoms with Crippen molar-refractivity contribution in [2.45, 2.75) is 46.6 Å². The summed E-state index contributed by atoms with van der Waals surface area (Å²) < 4.78 is 0. The molecule has 104 valence electrons. The van der Waals surface area contributed by atoms with E-state index in [1.165, 1.54) is 12.8 Å². The SMILES string of the molecule is Cc1cc(C)c(C(=N)N)c(N2CC(C)CCC2C)n1. The molecule has 1 fully saturated rings. The lowest BCUT2D eigenvalue weighted by atomic mass is 9.94. The van der Waals surface area contributed by atoms with Gasteiger partial charge in [0.2, 0.25) is 0 Å². The van der Waals surface area contributed by atoms with E-state index in [0.29, 0.717) is 12.0 Å². The second-order valence-electron chi connectivity index (χ2n) is 5.88. The minimum Gasteiger partial charge on any atom is -0.384 e. The molecule has 0 aliphatic carbocycles. The molecule has 0 amide bonds. The smallest absolute Gasteiger partial charge is 0.140 e. The van der Waals surface area contributed by atoms with E-state index in [2.05, 4.69) is 23.7 Å². The molecule has 1 aromatic rings. The third-order valence-electron chi connectivity index (χ3n) is 3.98. The van der Waals surface area contributed by atoms with Crippen LogP contribution in [0.25, 0.3) is 0 Å². The zero-order chi connectivity index (χ0) is 14.2. The lowest BCUT2D eigenvalue weighted by Crippen LogP contribution is -2.43. The number of rotatable bonds is 2. The van der Waals surface area contributed by atoms with Gasteiger partial charge in [-0.3, -0.25) is 5.41 Å². The van der Waals surface area contributed by atoms with Crippen LogP contribution in [0, 0.1) is 25.2 Å². The molecule has 2 atom stereocenters. The second-order valence-corrected chi connectivity index (χ2v) is 5.88. The van der Waals surface area contributed by atoms with Crippen molar-refractivity contribution in [1.29, 1.82) is 5.41 Å². The summed E-state index contributed by atoms with van der Waals surface area (Å²) in [5.74, 6) is 1.67. The Kier molecular flexibility index (Phi) is 3.78. The molecule has 2 heterocycles. The van der Waals surface area contributed by atoms with E-state index in [9.17, 15) is 0 Å². The van der Waals surface area contributed by atoms with Gasteiger partial charge in [0, 0.05) is 18.3 Å². The van der Waals surface area contributed by atoms with Crippen LogP contribution in [0.1, 0.15) is 43.5 Å². The number of anilines is 1. The van der Waals surface area contributed by atoms with Gasteiger partial charge in [0.15, 0.2) is 0 Å². The fraction of sp³-hybridized carbons (Fsp3) is 0.600. The van der Waals surface area contributed by atoms with Crippen molar-refractivity contribution in [2.75, 3.05) is 11.4 Å². The average molecular weight is 260 g/mol. The summed E-state index contributed by atoms with van der Waals surface area (Å²) in [5.41, 5.74) is 8.60. The van der Waals surface area contributed by atoms with Crippen molar-refractivity contribution in [3.05, 3.63) is 22.9 Å². The van der Waals surface area contributed by atoms with Crippen LogP contribution < -0.4 is 10.6 Å². The minimum atomic E-state index is 0.116. The van der Waals surface area contributed by atoms with Gasteiger partial charge in [0.1, 0.15) is 11.7 Å². The first-order valence-corrected chi connectivity index (χ1v) is 6.99. The maximum Gasteiger partial charge on any atom is 0.140 e. The molecule has 0 bridgehead atoms. The van der Waals surface area contributed by atoms with Crippen molar-refractivity contribution in [3.8, 4) is 0 Å². The Labute approximate surface area is 115 Å². The predicted octanol–water partition coefficient (Wildman–Crippen LogP) is 2.61. The van der Waals surface area contributed by atoms with E-state index in [1.807, 2.05) is 19.9 Å². The number of hydrogen-bond donors (Lipinski definition) is 2. The lowest BCUT2D eigenvalue weighted by molar-refractivity contribution is 0.388. The number of hydrogen-bond acceptors (Lipinski definition) is 3. The molecule has 4 heteroatoms. The zero-order valence-corrected chi connectivity index (χ0v) is 12.3. The molecule has 1 saturated heterocycles. The number of aryl methyl sites for hydroxylation is 2. The first-order valence-electron chi connectivity index (χ1n) is 6.99. The maximum atomic E-state index is 7.83. The highest BCUT2D eigenvalue weighted by molar-refractivity contribution is 6.01. The number of aromatic nitrogens is 1. The first kappa shape index (κ1) is 13.8. The summed E-state index contributed by atoms with van der Waals surface area (Å²) in [7, 11) is 0. The predicted molar refractivity (Wildman–Crippen MR) is 79.9 cm³/mol. The highest BCUT2D eigenvalue weighted by Crippen LogP contribution is 2.30. The number of amidine groups is 1. The standard InChI is InChI=1S/C15H24N4/c1-9-5-6-12(4)19(8-9)15-13(14(16)17)10(2)7-11(3)18-15/h7,9,12H,5-6,8H2,1-4H3,(H3,16,17). The van der Waals surface area contributed by atoms with Gasteiger partial charge in [0.05, 0.1) is 5.56 Å². The van der Waals surface area contributed by atoms with E-state index < -0.39 is 0 Å². The molecular formula is C15H24N4. The van der Waals surface area contributed by atoms with Gasteiger partial charge < -0.3 is 10.6 Å². The highest BCUT2D eigenvalue weighted by Gasteiger charge is 2.27. The van der Waals surface area contributed by atoms with Crippen LogP contribution in [0.3, 0.4) is 0 Å². The van der Waals surface area contributed by atoms with Crippen LogP contribution in [-0.4, -0.2) is 23.4 Å². The van der Waals surface area contributed by atoms with Gasteiger partial charge in [-0.05, 0) is 51.2 Å². The summed E-state index contributed by atoms with van der Waals surface area (Å²) in [5, 5.41) is 7.83. The monoisotopic (exact) mass is 260 g/mol. The normalized spacial score (nSPS) is 23.5. The largest absolute Gasteiger partial charge is 0.384 e. The first-order chi connectivity index (χ1) is 8.90. The maximum absolute atomic E-state index is 7.83. The Bertz CT molecular complexity index is 495. The van der Waals surface area contributed by atoms with Crippen LogP contribution in [0.2, 0.25) is 0 Å². The molecular weight excluding hydrogens is 236 g/mol. The summed E-state index contributed by atoms with van der Waals surface area (Å²) in [6.07, 6.45) is 2.44. The van der Waals surface area contributed by atoms with Crippen molar-refractivity contribution in [2.24, 2.45) is 11.7 Å². The molecule has 0 saturated carbocycles. The summed E-state index contributed by atoms with van der Waals surface area (Å²) in [6.45, 7) is 9.51. The molecule has 3 N–H and O–H groups in total. The molecule has 0 spiro atoms. The number of piperidine rings is 1. The molecule has 0 aromatic carbocycles. The molecule has 1 aliphatic heterocycles. The topological polar surface area (TPSA) is 66.0 Å². The average Bonchev–Trinajstić information content (AvgIpc) is 2.30. The summed E-state index contributed by atoms with van der Waals surface area (Å²) in [4.78, 5) is 6.99. The molecule has 1 aliphatic rings. The van der Waals surface area contributed by atoms with Crippen LogP contribution in [0.5, 0.6) is 0 Å². The number of nitrogen functional groups attached to an aromatic ring is 1. The van der Waals surface area contributed by atoms with Crippen molar-refractivity contribution in [1.82, 2.24) is 4.98 Å². The van der Waals surface area contributed by atoms with Crippen LogP contribution in [0.15, 0.2) is 6.07 Å². The fourth-order valence-corrected chi connectivity index (χ4v) is 2.94. The quantitative estimate of drug-likeness (QED) is 0.634. The third kappa shape index (κ3) is 2.72. The fourth-order valence-electron chi connectivity index (χ4n) is 2.94. The van der Waals surface area contributed by atoms with Crippen LogP contribution >= 0.6 is 0 Å². The van der Waals surface area contributed by atoms with Gasteiger partial charge in [-0.2, -0.15) is 0 Å². The summed E-state index contributed by atoms with van der Waals surface area (Å²) in [6, 6.07) is 2.46. The van der Waals surface area contributed by atoms with E-state index in [0.717, 1.165) is 29.2 Å². The molecule has 19 heavy (non-hydrogen) atoms. The Hall–Kier alpha value is -1.58. The van der Waals surface area contributed by atoms with Gasteiger partial charge in [-0.15, -0.1) is 0 Å². The van der Waals surface area contributed by atoms with Crippen LogP contribution in [-0.2, 0) is 0 Å². The van der Waals surface area contributed by atoms with Gasteiger partial charge in [-0.1, -0.05) is 6.92 Å². The summed E-state index contributed by atoms with van der Waals surface area (Å²) >= 11 is 0. The van der Waals surface area contributed by atoms with Crippen molar-refractivity contribution >= 4 is 11.7 Å². The molecule has 4 nitrogen and oxygen atoms in total. The van der Waals surface area contributed by atoms with Crippen molar-refractivity contribution in [3.63, 3.8) is 0 Å². The number of nitrogens with two attached hydrogens (primary N) is 1. The van der Waals surface area contributed by atoms with Crippen LogP contribution in [0.4, 0.5) is 5.82 Å². The Morgan fingerprint density at radius 1 is 1.37 bits per heavy atom. The molecule has 2 unspecified atom stereocenters. The Morgan fingerprint density at radius 2 is 2.05 bits per heavy atom. The Morgan fingerprint density at radius 3 is 2.68 bits per heavy atom. The van der Waals surface area contributed by atoms with E-state index in [1.54, 1.807) is 0 Å². The van der Waals surface area contributed by atoms with Gasteiger partial charge >= 0.3 is 0 Å². The Balaban J connectivity index is 2.50. The number of pyridine rings is 1. The van der Waals surface area contributed by atoms with E-state index in [4.69, 9.17) is 11.1 Å². The number of nitrogens with one attached hydrogen (secondary N) is 1. The van der Waals surface area contributed by atoms with E-state index >= 15 is 0 Å². The zero-order valence-electron chi connectivity index (χ0n) is 12.3. The third-order valence-corrected chi connectivity index (χ3v) is 3.98. The number of nitrogens with zero attached hydrogens (tertiary/aromatic N) is 2. The van der Waals surface area contributed by atoms with Crippen molar-refractivity contribution < 1.29 is 0 Å². The van der Waals surface area contributed by atoms with Gasteiger partial charge in [0.25, 0.3) is 0 Å². The lowest BCUT2D eigenvalue weighted by Gasteiger charge is -2.39. The highest BCUT2D eigenvalue weighted by atomic mass is 15.2. The second kappa shape index (κ2) is 5.19. The molecule has 2 rings (SSSR count). The minimum absolute atomic E-state index is 0.116. The van der Waals surface area contributed by atoms with Gasteiger partial charge in [-0.25, -0.2) is 4.98 Å². The molecule has 0 radical (unpaired) electrons. The van der Waals surface area contributed by atoms with E-state index in [-0.39, 0.29) is 5.84 Å².